The van der Waals surface area contributed by atoms with E-state index in [1.54, 1.807) is 24.3 Å². The maximum Gasteiger partial charge on any atom is 0.336 e. The van der Waals surface area contributed by atoms with Gasteiger partial charge in [-0.15, -0.1) is 0 Å². The summed E-state index contributed by atoms with van der Waals surface area (Å²) in [6, 6.07) is 18.3. The van der Waals surface area contributed by atoms with Gasteiger partial charge in [0, 0.05) is 0 Å². The van der Waals surface area contributed by atoms with E-state index in [4.69, 9.17) is 4.74 Å². The summed E-state index contributed by atoms with van der Waals surface area (Å²) in [5, 5.41) is 10.1. The highest BCUT2D eigenvalue weighted by Crippen LogP contribution is 2.21. The molecule has 3 heteroatoms. The van der Waals surface area contributed by atoms with Crippen molar-refractivity contribution in [1.29, 1.82) is 0 Å². The molecule has 0 aromatic heterocycles. The standard InChI is InChI=1S/C17H16O3/c1-13(16(18)15-10-6-3-7-11-15)17(19)20-12-14-8-4-2-5-9-14/h2-11,16,18H,1,12H2/t16-/m1/s1. The third kappa shape index (κ3) is 3.56. The number of ether oxygens (including phenoxy) is 1. The van der Waals surface area contributed by atoms with Gasteiger partial charge >= 0.3 is 5.97 Å². The lowest BCUT2D eigenvalue weighted by atomic mass is 10.0. The molecule has 2 aromatic rings. The molecule has 0 aliphatic heterocycles. The third-order valence-corrected chi connectivity index (χ3v) is 2.92. The van der Waals surface area contributed by atoms with Crippen LogP contribution in [0.25, 0.3) is 0 Å². The van der Waals surface area contributed by atoms with Crippen molar-refractivity contribution in [3.05, 3.63) is 83.9 Å². The molecule has 0 aliphatic rings. The number of benzene rings is 2. The lowest BCUT2D eigenvalue weighted by molar-refractivity contribution is -0.141. The van der Waals surface area contributed by atoms with Gasteiger partial charge < -0.3 is 9.84 Å². The highest BCUT2D eigenvalue weighted by molar-refractivity contribution is 5.89. The van der Waals surface area contributed by atoms with Crippen molar-refractivity contribution in [2.45, 2.75) is 12.7 Å². The molecule has 2 aromatic carbocycles. The second-order valence-corrected chi connectivity index (χ2v) is 4.40. The first-order valence-electron chi connectivity index (χ1n) is 6.31. The number of hydrogen-bond acceptors (Lipinski definition) is 3. The highest BCUT2D eigenvalue weighted by atomic mass is 16.5. The Bertz CT molecular complexity index is 576. The number of aliphatic hydroxyl groups excluding tert-OH is 1. The zero-order valence-electron chi connectivity index (χ0n) is 11.0. The Morgan fingerprint density at radius 2 is 1.60 bits per heavy atom. The minimum absolute atomic E-state index is 0.0344. The molecule has 0 unspecified atom stereocenters. The van der Waals surface area contributed by atoms with Crippen LogP contribution in [-0.2, 0) is 16.1 Å². The molecule has 0 radical (unpaired) electrons. The summed E-state index contributed by atoms with van der Waals surface area (Å²) in [6.45, 7) is 3.79. The van der Waals surface area contributed by atoms with Crippen molar-refractivity contribution in [2.24, 2.45) is 0 Å². The smallest absolute Gasteiger partial charge is 0.336 e. The van der Waals surface area contributed by atoms with Gasteiger partial charge in [-0.3, -0.25) is 0 Å². The number of hydrogen-bond donors (Lipinski definition) is 1. The molecular weight excluding hydrogens is 252 g/mol. The molecular formula is C17H16O3. The molecule has 0 amide bonds. The van der Waals surface area contributed by atoms with E-state index in [1.807, 2.05) is 36.4 Å². The van der Waals surface area contributed by atoms with Crippen molar-refractivity contribution in [2.75, 3.05) is 0 Å². The van der Waals surface area contributed by atoms with Crippen LogP contribution in [0, 0.1) is 0 Å². The minimum atomic E-state index is -1.04. The van der Waals surface area contributed by atoms with E-state index < -0.39 is 12.1 Å². The molecule has 0 aliphatic carbocycles. The Hall–Kier alpha value is -2.39. The van der Waals surface area contributed by atoms with Gasteiger partial charge in [0.1, 0.15) is 12.7 Å². The van der Waals surface area contributed by atoms with E-state index >= 15 is 0 Å². The molecule has 1 atom stereocenters. The van der Waals surface area contributed by atoms with Gasteiger partial charge in [-0.1, -0.05) is 67.2 Å². The number of carbonyl (C=O) groups excluding carboxylic acids is 1. The maximum absolute atomic E-state index is 11.8. The first kappa shape index (κ1) is 14.0. The van der Waals surface area contributed by atoms with Gasteiger partial charge in [-0.05, 0) is 11.1 Å². The van der Waals surface area contributed by atoms with Gasteiger partial charge in [0.25, 0.3) is 0 Å². The molecule has 0 bridgehead atoms. The summed E-state index contributed by atoms with van der Waals surface area (Å²) in [6.07, 6.45) is -1.04. The fraction of sp³-hybridized carbons (Fsp3) is 0.118. The van der Waals surface area contributed by atoms with Crippen LogP contribution in [0.1, 0.15) is 17.2 Å². The topological polar surface area (TPSA) is 46.5 Å². The van der Waals surface area contributed by atoms with Crippen molar-refractivity contribution < 1.29 is 14.6 Å². The monoisotopic (exact) mass is 268 g/mol. The van der Waals surface area contributed by atoms with Crippen LogP contribution in [0.5, 0.6) is 0 Å². The number of aliphatic hydroxyl groups is 1. The fourth-order valence-corrected chi connectivity index (χ4v) is 1.76. The van der Waals surface area contributed by atoms with Crippen LogP contribution in [-0.4, -0.2) is 11.1 Å². The van der Waals surface area contributed by atoms with Crippen LogP contribution >= 0.6 is 0 Å². The van der Waals surface area contributed by atoms with E-state index in [0.29, 0.717) is 5.56 Å². The Kier molecular flexibility index (Phi) is 4.69. The van der Waals surface area contributed by atoms with E-state index in [2.05, 4.69) is 6.58 Å². The van der Waals surface area contributed by atoms with Crippen molar-refractivity contribution >= 4 is 5.97 Å². The SMILES string of the molecule is C=C(C(=O)OCc1ccccc1)[C@@H](O)c1ccccc1. The first-order valence-corrected chi connectivity index (χ1v) is 6.31. The Labute approximate surface area is 118 Å². The molecule has 20 heavy (non-hydrogen) atoms. The Balaban J connectivity index is 1.94. The summed E-state index contributed by atoms with van der Waals surface area (Å²) < 4.78 is 5.13. The molecule has 2 rings (SSSR count). The van der Waals surface area contributed by atoms with Crippen LogP contribution in [0.3, 0.4) is 0 Å². The largest absolute Gasteiger partial charge is 0.457 e. The second-order valence-electron chi connectivity index (χ2n) is 4.40. The molecule has 0 saturated heterocycles. The second kappa shape index (κ2) is 6.68. The minimum Gasteiger partial charge on any atom is -0.457 e. The summed E-state index contributed by atoms with van der Waals surface area (Å²) in [5.74, 6) is -0.592. The van der Waals surface area contributed by atoms with Crippen LogP contribution < -0.4 is 0 Å². The molecule has 0 heterocycles. The lowest BCUT2D eigenvalue weighted by Crippen LogP contribution is -2.13. The van der Waals surface area contributed by atoms with Crippen molar-refractivity contribution in [1.82, 2.24) is 0 Å². The predicted molar refractivity (Wildman–Crippen MR) is 76.8 cm³/mol. The molecule has 0 saturated carbocycles. The van der Waals surface area contributed by atoms with Gasteiger partial charge in [-0.2, -0.15) is 0 Å². The molecule has 102 valence electrons. The Morgan fingerprint density at radius 3 is 2.20 bits per heavy atom. The third-order valence-electron chi connectivity index (χ3n) is 2.92. The van der Waals surface area contributed by atoms with Crippen LogP contribution in [0.15, 0.2) is 72.8 Å². The molecule has 1 N–H and O–H groups in total. The zero-order valence-corrected chi connectivity index (χ0v) is 11.0. The predicted octanol–water partition coefficient (Wildman–Crippen LogP) is 3.02. The quantitative estimate of drug-likeness (QED) is 0.669. The van der Waals surface area contributed by atoms with Crippen molar-refractivity contribution in [3.8, 4) is 0 Å². The van der Waals surface area contributed by atoms with Gasteiger partial charge in [0.15, 0.2) is 0 Å². The summed E-state index contributed by atoms with van der Waals surface area (Å²) in [5.41, 5.74) is 1.55. The van der Waals surface area contributed by atoms with Crippen LogP contribution in [0.2, 0.25) is 0 Å². The van der Waals surface area contributed by atoms with Gasteiger partial charge in [0.05, 0.1) is 5.57 Å². The highest BCUT2D eigenvalue weighted by Gasteiger charge is 2.19. The average Bonchev–Trinajstić information content (AvgIpc) is 2.53. The number of carbonyl (C=O) groups is 1. The average molecular weight is 268 g/mol. The van der Waals surface area contributed by atoms with Gasteiger partial charge in [-0.25, -0.2) is 4.79 Å². The molecule has 0 fully saturated rings. The van der Waals surface area contributed by atoms with Gasteiger partial charge in [0.2, 0.25) is 0 Å². The summed E-state index contributed by atoms with van der Waals surface area (Å²) in [7, 11) is 0. The fourth-order valence-electron chi connectivity index (χ4n) is 1.76. The van der Waals surface area contributed by atoms with E-state index in [1.165, 1.54) is 0 Å². The maximum atomic E-state index is 11.8. The first-order chi connectivity index (χ1) is 9.68. The zero-order chi connectivity index (χ0) is 14.4. The molecule has 0 spiro atoms. The summed E-state index contributed by atoms with van der Waals surface area (Å²) in [4.78, 5) is 11.8. The normalized spacial score (nSPS) is 11.7. The lowest BCUT2D eigenvalue weighted by Gasteiger charge is -2.13. The Morgan fingerprint density at radius 1 is 1.05 bits per heavy atom. The number of esters is 1. The summed E-state index contributed by atoms with van der Waals surface area (Å²) >= 11 is 0. The van der Waals surface area contributed by atoms with E-state index in [-0.39, 0.29) is 12.2 Å². The molecule has 3 nitrogen and oxygen atoms in total. The van der Waals surface area contributed by atoms with E-state index in [9.17, 15) is 9.90 Å². The van der Waals surface area contributed by atoms with E-state index in [0.717, 1.165) is 5.56 Å². The van der Waals surface area contributed by atoms with Crippen molar-refractivity contribution in [3.63, 3.8) is 0 Å². The van der Waals surface area contributed by atoms with Crippen LogP contribution in [0.4, 0.5) is 0 Å². The number of rotatable bonds is 5.